The van der Waals surface area contributed by atoms with Crippen LogP contribution in [0.3, 0.4) is 0 Å². The molecule has 0 bridgehead atoms. The van der Waals surface area contributed by atoms with Crippen LogP contribution in [0.25, 0.3) is 0 Å². The summed E-state index contributed by atoms with van der Waals surface area (Å²) in [5, 5.41) is 9.81. The fourth-order valence-electron chi connectivity index (χ4n) is 1.58. The first kappa shape index (κ1) is 10.5. The van der Waals surface area contributed by atoms with Crippen molar-refractivity contribution in [3.8, 4) is 0 Å². The Morgan fingerprint density at radius 2 is 2.00 bits per heavy atom. The second-order valence-corrected chi connectivity index (χ2v) is 4.07. The van der Waals surface area contributed by atoms with Gasteiger partial charge in [-0.3, -0.25) is 0 Å². The molecular weight excluding hydrogens is 190 g/mol. The van der Waals surface area contributed by atoms with Crippen LogP contribution in [0.1, 0.15) is 30.9 Å². The molecule has 1 fully saturated rings. The number of nitrogens with two attached hydrogens (primary N) is 1. The minimum absolute atomic E-state index is 0.369. The van der Waals surface area contributed by atoms with Crippen LogP contribution >= 0.6 is 0 Å². The average molecular weight is 207 g/mol. The second-order valence-electron chi connectivity index (χ2n) is 4.07. The Hall–Kier alpha value is -1.06. The van der Waals surface area contributed by atoms with Crippen LogP contribution in [0.5, 0.6) is 0 Å². The van der Waals surface area contributed by atoms with E-state index in [-0.39, 0.29) is 0 Å². The van der Waals surface area contributed by atoms with Gasteiger partial charge in [-0.1, -0.05) is 12.1 Å². The summed E-state index contributed by atoms with van der Waals surface area (Å²) in [5.41, 5.74) is 7.14. The zero-order valence-corrected chi connectivity index (χ0v) is 8.73. The van der Waals surface area contributed by atoms with E-state index < -0.39 is 6.10 Å². The first-order valence-corrected chi connectivity index (χ1v) is 5.41. The second kappa shape index (κ2) is 4.64. The highest BCUT2D eigenvalue weighted by Gasteiger charge is 2.19. The van der Waals surface area contributed by atoms with Gasteiger partial charge < -0.3 is 15.6 Å². The van der Waals surface area contributed by atoms with Gasteiger partial charge in [-0.15, -0.1) is 0 Å². The lowest BCUT2D eigenvalue weighted by atomic mass is 9.96. The summed E-state index contributed by atoms with van der Waals surface area (Å²) in [4.78, 5) is 0. The highest BCUT2D eigenvalue weighted by Crippen LogP contribution is 2.24. The lowest BCUT2D eigenvalue weighted by molar-refractivity contribution is -0.0426. The quantitative estimate of drug-likeness (QED) is 0.741. The predicted molar refractivity (Wildman–Crippen MR) is 59.4 cm³/mol. The van der Waals surface area contributed by atoms with Crippen LogP contribution in [-0.2, 0) is 4.74 Å². The summed E-state index contributed by atoms with van der Waals surface area (Å²) in [7, 11) is 0. The maximum atomic E-state index is 9.81. The molecule has 1 aromatic rings. The molecule has 0 radical (unpaired) electrons. The Balaban J connectivity index is 1.83. The van der Waals surface area contributed by atoms with Gasteiger partial charge >= 0.3 is 0 Å². The third-order valence-corrected chi connectivity index (χ3v) is 2.86. The Bertz CT molecular complexity index is 306. The van der Waals surface area contributed by atoms with Crippen LogP contribution < -0.4 is 5.73 Å². The number of nitrogen functional groups attached to an aromatic ring is 1. The van der Waals surface area contributed by atoms with Crippen LogP contribution in [-0.4, -0.2) is 17.8 Å². The zero-order chi connectivity index (χ0) is 10.7. The Morgan fingerprint density at radius 1 is 1.33 bits per heavy atom. The molecule has 82 valence electrons. The van der Waals surface area contributed by atoms with Crippen molar-refractivity contribution in [2.75, 3.05) is 12.3 Å². The summed E-state index contributed by atoms with van der Waals surface area (Å²) in [6.07, 6.45) is 3.35. The summed E-state index contributed by atoms with van der Waals surface area (Å²) in [6.45, 7) is 0.384. The number of aliphatic hydroxyl groups is 1. The van der Waals surface area contributed by atoms with E-state index in [1.807, 2.05) is 12.1 Å². The maximum Gasteiger partial charge on any atom is 0.102 e. The number of anilines is 1. The molecule has 1 aromatic carbocycles. The van der Waals surface area contributed by atoms with Gasteiger partial charge in [0.15, 0.2) is 0 Å². The Kier molecular flexibility index (Phi) is 3.23. The molecule has 0 aliphatic heterocycles. The van der Waals surface area contributed by atoms with Crippen LogP contribution in [0.4, 0.5) is 5.69 Å². The lowest BCUT2D eigenvalue weighted by Gasteiger charge is -2.26. The normalized spacial score (nSPS) is 18.5. The van der Waals surface area contributed by atoms with Gasteiger partial charge in [-0.05, 0) is 37.0 Å². The van der Waals surface area contributed by atoms with E-state index in [0.717, 1.165) is 18.4 Å². The maximum absolute atomic E-state index is 9.81. The van der Waals surface area contributed by atoms with Gasteiger partial charge in [0, 0.05) is 5.69 Å². The smallest absolute Gasteiger partial charge is 0.102 e. The van der Waals surface area contributed by atoms with Crippen molar-refractivity contribution >= 4 is 5.69 Å². The highest BCUT2D eigenvalue weighted by atomic mass is 16.5. The largest absolute Gasteiger partial charge is 0.399 e. The molecule has 3 N–H and O–H groups in total. The molecule has 1 unspecified atom stereocenters. The molecule has 0 spiro atoms. The SMILES string of the molecule is Nc1ccc(C(O)COC2CCC2)cc1. The predicted octanol–water partition coefficient (Wildman–Crippen LogP) is 1.87. The highest BCUT2D eigenvalue weighted by molar-refractivity contribution is 5.39. The molecule has 3 heteroatoms. The monoisotopic (exact) mass is 207 g/mol. The van der Waals surface area contributed by atoms with Crippen molar-refractivity contribution in [2.45, 2.75) is 31.5 Å². The van der Waals surface area contributed by atoms with E-state index in [9.17, 15) is 5.11 Å². The Morgan fingerprint density at radius 3 is 2.53 bits per heavy atom. The lowest BCUT2D eigenvalue weighted by Crippen LogP contribution is -2.24. The molecule has 0 amide bonds. The number of hydrogen-bond donors (Lipinski definition) is 2. The topological polar surface area (TPSA) is 55.5 Å². The molecule has 1 aliphatic carbocycles. The number of rotatable bonds is 4. The van der Waals surface area contributed by atoms with Gasteiger partial charge in [0.05, 0.1) is 12.7 Å². The summed E-state index contributed by atoms with van der Waals surface area (Å²) in [6, 6.07) is 7.26. The van der Waals surface area contributed by atoms with E-state index >= 15 is 0 Å². The summed E-state index contributed by atoms with van der Waals surface area (Å²) in [5.74, 6) is 0. The van der Waals surface area contributed by atoms with Crippen molar-refractivity contribution < 1.29 is 9.84 Å². The van der Waals surface area contributed by atoms with Gasteiger partial charge in [0.25, 0.3) is 0 Å². The molecule has 15 heavy (non-hydrogen) atoms. The number of hydrogen-bond acceptors (Lipinski definition) is 3. The minimum Gasteiger partial charge on any atom is -0.399 e. The van der Waals surface area contributed by atoms with Gasteiger partial charge in [-0.2, -0.15) is 0 Å². The fraction of sp³-hybridized carbons (Fsp3) is 0.500. The molecule has 0 aromatic heterocycles. The first-order chi connectivity index (χ1) is 7.25. The van der Waals surface area contributed by atoms with Gasteiger partial charge in [0.1, 0.15) is 6.10 Å². The van der Waals surface area contributed by atoms with E-state index in [1.54, 1.807) is 12.1 Å². The molecular formula is C12H17NO2. The van der Waals surface area contributed by atoms with Crippen molar-refractivity contribution in [3.63, 3.8) is 0 Å². The van der Waals surface area contributed by atoms with Crippen LogP contribution in [0.2, 0.25) is 0 Å². The zero-order valence-electron chi connectivity index (χ0n) is 8.73. The standard InChI is InChI=1S/C12H17NO2/c13-10-6-4-9(5-7-10)12(14)8-15-11-2-1-3-11/h4-7,11-12,14H,1-3,8,13H2. The van der Waals surface area contributed by atoms with Crippen molar-refractivity contribution in [3.05, 3.63) is 29.8 Å². The van der Waals surface area contributed by atoms with E-state index in [2.05, 4.69) is 0 Å². The van der Waals surface area contributed by atoms with Gasteiger partial charge in [-0.25, -0.2) is 0 Å². The van der Waals surface area contributed by atoms with Crippen LogP contribution in [0, 0.1) is 0 Å². The molecule has 3 nitrogen and oxygen atoms in total. The first-order valence-electron chi connectivity index (χ1n) is 5.41. The van der Waals surface area contributed by atoms with Gasteiger partial charge in [0.2, 0.25) is 0 Å². The van der Waals surface area contributed by atoms with Crippen molar-refractivity contribution in [1.29, 1.82) is 0 Å². The van der Waals surface area contributed by atoms with E-state index in [0.29, 0.717) is 18.4 Å². The Labute approximate surface area is 89.9 Å². The molecule has 2 rings (SSSR count). The third kappa shape index (κ3) is 2.70. The summed E-state index contributed by atoms with van der Waals surface area (Å²) >= 11 is 0. The fourth-order valence-corrected chi connectivity index (χ4v) is 1.58. The number of ether oxygens (including phenoxy) is 1. The molecule has 1 atom stereocenters. The minimum atomic E-state index is -0.536. The molecule has 1 aliphatic rings. The van der Waals surface area contributed by atoms with Crippen molar-refractivity contribution in [1.82, 2.24) is 0 Å². The number of benzene rings is 1. The van der Waals surface area contributed by atoms with E-state index in [1.165, 1.54) is 6.42 Å². The molecule has 0 heterocycles. The third-order valence-electron chi connectivity index (χ3n) is 2.86. The summed E-state index contributed by atoms with van der Waals surface area (Å²) < 4.78 is 5.54. The molecule has 0 saturated heterocycles. The average Bonchev–Trinajstić information content (AvgIpc) is 2.16. The van der Waals surface area contributed by atoms with Crippen molar-refractivity contribution in [2.24, 2.45) is 0 Å². The number of aliphatic hydroxyl groups excluding tert-OH is 1. The van der Waals surface area contributed by atoms with E-state index in [4.69, 9.17) is 10.5 Å². The van der Waals surface area contributed by atoms with Crippen LogP contribution in [0.15, 0.2) is 24.3 Å². The molecule has 1 saturated carbocycles.